The Bertz CT molecular complexity index is 401. The molecule has 1 aliphatic rings. The van der Waals surface area contributed by atoms with Gasteiger partial charge in [0.05, 0.1) is 0 Å². The van der Waals surface area contributed by atoms with Gasteiger partial charge in [0.1, 0.15) is 0 Å². The lowest BCUT2D eigenvalue weighted by Crippen LogP contribution is -2.47. The minimum absolute atomic E-state index is 0.0168. The molecule has 0 bridgehead atoms. The van der Waals surface area contributed by atoms with Crippen molar-refractivity contribution in [2.24, 2.45) is 18.7 Å². The number of hydrogen-bond donors (Lipinski definition) is 1. The number of likely N-dealkylation sites (tertiary alicyclic amines) is 1. The number of piperidine rings is 1. The van der Waals surface area contributed by atoms with Gasteiger partial charge in [0, 0.05) is 32.0 Å². The van der Waals surface area contributed by atoms with Crippen LogP contribution in [0.2, 0.25) is 0 Å². The third-order valence-corrected chi connectivity index (χ3v) is 3.59. The molecule has 0 saturated carbocycles. The van der Waals surface area contributed by atoms with Crippen molar-refractivity contribution in [1.82, 2.24) is 14.5 Å². The summed E-state index contributed by atoms with van der Waals surface area (Å²) in [6, 6.07) is 0.280. The highest BCUT2D eigenvalue weighted by Gasteiger charge is 2.30. The fourth-order valence-corrected chi connectivity index (χ4v) is 2.36. The van der Waals surface area contributed by atoms with Crippen molar-refractivity contribution in [2.75, 3.05) is 13.1 Å². The van der Waals surface area contributed by atoms with Crippen LogP contribution in [0.1, 0.15) is 30.4 Å². The topological polar surface area (TPSA) is 64.2 Å². The van der Waals surface area contributed by atoms with Crippen LogP contribution in [0, 0.1) is 5.92 Å². The van der Waals surface area contributed by atoms with Gasteiger partial charge in [0.25, 0.3) is 5.91 Å². The van der Waals surface area contributed by atoms with Crippen LogP contribution in [0.4, 0.5) is 0 Å². The van der Waals surface area contributed by atoms with Gasteiger partial charge in [0.15, 0.2) is 5.82 Å². The zero-order chi connectivity index (χ0) is 12.4. The first-order chi connectivity index (χ1) is 8.13. The van der Waals surface area contributed by atoms with E-state index in [-0.39, 0.29) is 11.9 Å². The first-order valence-corrected chi connectivity index (χ1v) is 6.11. The molecule has 5 heteroatoms. The van der Waals surface area contributed by atoms with Crippen molar-refractivity contribution >= 4 is 5.91 Å². The molecule has 2 unspecified atom stereocenters. The molecule has 1 aliphatic heterocycles. The Kier molecular flexibility index (Phi) is 3.47. The lowest BCUT2D eigenvalue weighted by atomic mass is 9.93. The van der Waals surface area contributed by atoms with E-state index in [9.17, 15) is 4.79 Å². The zero-order valence-electron chi connectivity index (χ0n) is 10.5. The number of amides is 1. The Labute approximate surface area is 102 Å². The van der Waals surface area contributed by atoms with E-state index < -0.39 is 0 Å². The molecular formula is C12H20N4O. The molecule has 0 aromatic carbocycles. The molecule has 0 spiro atoms. The summed E-state index contributed by atoms with van der Waals surface area (Å²) in [6.07, 6.45) is 5.59. The summed E-state index contributed by atoms with van der Waals surface area (Å²) in [7, 11) is 1.84. The van der Waals surface area contributed by atoms with Crippen LogP contribution in [-0.2, 0) is 7.05 Å². The predicted octanol–water partition coefficient (Wildman–Crippen LogP) is 0.619. The van der Waals surface area contributed by atoms with E-state index in [1.807, 2.05) is 11.9 Å². The number of aromatic nitrogens is 2. The molecule has 0 aliphatic carbocycles. The number of carbonyl (C=O) groups is 1. The average molecular weight is 236 g/mol. The zero-order valence-corrected chi connectivity index (χ0v) is 10.5. The van der Waals surface area contributed by atoms with Gasteiger partial charge in [-0.3, -0.25) is 4.79 Å². The average Bonchev–Trinajstić information content (AvgIpc) is 2.75. The van der Waals surface area contributed by atoms with Crippen molar-refractivity contribution in [3.8, 4) is 0 Å². The molecule has 5 nitrogen and oxygen atoms in total. The summed E-state index contributed by atoms with van der Waals surface area (Å²) < 4.78 is 1.76. The maximum atomic E-state index is 12.4. The van der Waals surface area contributed by atoms with Crippen LogP contribution in [0.5, 0.6) is 0 Å². The molecule has 1 amide bonds. The van der Waals surface area contributed by atoms with Crippen LogP contribution < -0.4 is 5.73 Å². The first-order valence-electron chi connectivity index (χ1n) is 6.11. The number of nitrogens with two attached hydrogens (primary N) is 1. The number of nitrogens with zero attached hydrogens (tertiary/aromatic N) is 3. The van der Waals surface area contributed by atoms with Crippen molar-refractivity contribution in [3.63, 3.8) is 0 Å². The van der Waals surface area contributed by atoms with Crippen LogP contribution in [0.25, 0.3) is 0 Å². The van der Waals surface area contributed by atoms with Gasteiger partial charge >= 0.3 is 0 Å². The second-order valence-electron chi connectivity index (χ2n) is 4.85. The fourth-order valence-electron chi connectivity index (χ4n) is 2.36. The monoisotopic (exact) mass is 236 g/mol. The van der Waals surface area contributed by atoms with Crippen LogP contribution in [0.3, 0.4) is 0 Å². The Morgan fingerprint density at radius 3 is 2.94 bits per heavy atom. The number of hydrogen-bond acceptors (Lipinski definition) is 3. The number of carbonyl (C=O) groups excluding carboxylic acids is 1. The van der Waals surface area contributed by atoms with E-state index in [2.05, 4.69) is 11.9 Å². The standard InChI is InChI=1S/C12H20N4O/c1-9-3-4-10(7-13)8-16(9)12(17)11-14-5-6-15(11)2/h5-6,9-10H,3-4,7-8,13H2,1-2H3. The Morgan fingerprint density at radius 1 is 1.59 bits per heavy atom. The molecular weight excluding hydrogens is 216 g/mol. The van der Waals surface area contributed by atoms with Crippen molar-refractivity contribution in [1.29, 1.82) is 0 Å². The smallest absolute Gasteiger partial charge is 0.290 e. The van der Waals surface area contributed by atoms with Crippen LogP contribution in [-0.4, -0.2) is 39.5 Å². The largest absolute Gasteiger partial charge is 0.333 e. The van der Waals surface area contributed by atoms with Gasteiger partial charge in [-0.05, 0) is 32.2 Å². The number of imidazole rings is 1. The first kappa shape index (κ1) is 12.1. The predicted molar refractivity (Wildman–Crippen MR) is 65.5 cm³/mol. The number of aryl methyl sites for hydroxylation is 1. The van der Waals surface area contributed by atoms with Gasteiger partial charge in [0.2, 0.25) is 0 Å². The molecule has 0 radical (unpaired) electrons. The molecule has 2 atom stereocenters. The molecule has 2 rings (SSSR count). The molecule has 2 heterocycles. The Balaban J connectivity index is 2.15. The Hall–Kier alpha value is -1.36. The molecule has 1 aromatic rings. The van der Waals surface area contributed by atoms with Crippen molar-refractivity contribution in [3.05, 3.63) is 18.2 Å². The van der Waals surface area contributed by atoms with Gasteiger partial charge in [-0.25, -0.2) is 4.98 Å². The highest BCUT2D eigenvalue weighted by molar-refractivity contribution is 5.91. The lowest BCUT2D eigenvalue weighted by Gasteiger charge is -2.37. The molecule has 2 N–H and O–H groups in total. The quantitative estimate of drug-likeness (QED) is 0.818. The third-order valence-electron chi connectivity index (χ3n) is 3.59. The summed E-state index contributed by atoms with van der Waals surface area (Å²) >= 11 is 0. The van der Waals surface area contributed by atoms with Gasteiger partial charge < -0.3 is 15.2 Å². The minimum Gasteiger partial charge on any atom is -0.333 e. The third kappa shape index (κ3) is 2.34. The van der Waals surface area contributed by atoms with Crippen LogP contribution in [0.15, 0.2) is 12.4 Å². The fraction of sp³-hybridized carbons (Fsp3) is 0.667. The molecule has 1 fully saturated rings. The molecule has 1 aromatic heterocycles. The van der Waals surface area contributed by atoms with E-state index in [4.69, 9.17) is 5.73 Å². The van der Waals surface area contributed by atoms with Gasteiger partial charge in [-0.15, -0.1) is 0 Å². The Morgan fingerprint density at radius 2 is 2.35 bits per heavy atom. The van der Waals surface area contributed by atoms with E-state index >= 15 is 0 Å². The van der Waals surface area contributed by atoms with E-state index in [1.54, 1.807) is 17.0 Å². The summed E-state index contributed by atoms with van der Waals surface area (Å²) in [5.41, 5.74) is 5.70. The van der Waals surface area contributed by atoms with Crippen molar-refractivity contribution < 1.29 is 4.79 Å². The maximum Gasteiger partial charge on any atom is 0.290 e. The summed E-state index contributed by atoms with van der Waals surface area (Å²) in [5.74, 6) is 0.952. The number of rotatable bonds is 2. The van der Waals surface area contributed by atoms with E-state index in [0.29, 0.717) is 18.3 Å². The van der Waals surface area contributed by atoms with E-state index in [1.165, 1.54) is 0 Å². The second-order valence-corrected chi connectivity index (χ2v) is 4.85. The van der Waals surface area contributed by atoms with Gasteiger partial charge in [-0.2, -0.15) is 0 Å². The summed E-state index contributed by atoms with van der Waals surface area (Å²) in [6.45, 7) is 3.49. The molecule has 17 heavy (non-hydrogen) atoms. The molecule has 1 saturated heterocycles. The molecule has 94 valence electrons. The lowest BCUT2D eigenvalue weighted by molar-refractivity contribution is 0.0551. The highest BCUT2D eigenvalue weighted by Crippen LogP contribution is 2.22. The second kappa shape index (κ2) is 4.87. The van der Waals surface area contributed by atoms with Crippen LogP contribution >= 0.6 is 0 Å². The van der Waals surface area contributed by atoms with E-state index in [0.717, 1.165) is 19.4 Å². The summed E-state index contributed by atoms with van der Waals surface area (Å²) in [5, 5.41) is 0. The SMILES string of the molecule is CC1CCC(CN)CN1C(=O)c1nccn1C. The van der Waals surface area contributed by atoms with Gasteiger partial charge in [-0.1, -0.05) is 0 Å². The normalized spacial score (nSPS) is 25.0. The summed E-state index contributed by atoms with van der Waals surface area (Å²) in [4.78, 5) is 18.4. The minimum atomic E-state index is 0.0168. The highest BCUT2D eigenvalue weighted by atomic mass is 16.2. The maximum absolute atomic E-state index is 12.4. The van der Waals surface area contributed by atoms with Crippen molar-refractivity contribution in [2.45, 2.75) is 25.8 Å².